The minimum atomic E-state index is -3.01. The number of fused-ring (bicyclic) bond motifs is 1. The Labute approximate surface area is 216 Å². The number of rotatable bonds is 12. The molecule has 1 aromatic heterocycles. The molecule has 0 saturated carbocycles. The second kappa shape index (κ2) is 11.9. The third kappa shape index (κ3) is 8.07. The summed E-state index contributed by atoms with van der Waals surface area (Å²) >= 11 is 1.46. The molecule has 0 radical (unpaired) electrons. The lowest BCUT2D eigenvalue weighted by molar-refractivity contribution is -0.131. The van der Waals surface area contributed by atoms with Gasteiger partial charge in [-0.05, 0) is 23.1 Å². The number of halogens is 2. The van der Waals surface area contributed by atoms with Gasteiger partial charge in [-0.2, -0.15) is 0 Å². The number of hydrogen-bond donors (Lipinski definition) is 4. The maximum Gasteiger partial charge on any atom is 0.270 e. The lowest BCUT2D eigenvalue weighted by atomic mass is 10.0. The van der Waals surface area contributed by atoms with Crippen molar-refractivity contribution in [1.29, 1.82) is 0 Å². The summed E-state index contributed by atoms with van der Waals surface area (Å²) in [5.41, 5.74) is 11.0. The van der Waals surface area contributed by atoms with Crippen molar-refractivity contribution in [2.45, 2.75) is 50.6 Å². The first-order valence-electron chi connectivity index (χ1n) is 11.5. The van der Waals surface area contributed by atoms with Crippen LogP contribution in [0.15, 0.2) is 54.6 Å². The van der Waals surface area contributed by atoms with E-state index in [9.17, 15) is 28.0 Å². The zero-order valence-corrected chi connectivity index (χ0v) is 20.9. The number of hydrogen-bond acceptors (Lipinski definition) is 5. The molecule has 0 spiro atoms. The predicted octanol–water partition coefficient (Wildman–Crippen LogP) is 2.52. The number of nitrogens with two attached hydrogens (primary N) is 2. The van der Waals surface area contributed by atoms with E-state index in [-0.39, 0.29) is 31.2 Å². The van der Waals surface area contributed by atoms with Crippen LogP contribution in [-0.2, 0) is 37.9 Å². The fourth-order valence-corrected chi connectivity index (χ4v) is 4.83. The van der Waals surface area contributed by atoms with Gasteiger partial charge in [-0.25, -0.2) is 8.78 Å². The second-order valence-electron chi connectivity index (χ2n) is 8.79. The second-order valence-corrected chi connectivity index (χ2v) is 9.96. The van der Waals surface area contributed by atoms with Crippen LogP contribution in [0, 0.1) is 0 Å². The topological polar surface area (TPSA) is 144 Å². The number of alkyl halides is 2. The third-order valence-corrected chi connectivity index (χ3v) is 6.83. The van der Waals surface area contributed by atoms with Crippen LogP contribution in [0.3, 0.4) is 0 Å². The molecule has 0 saturated heterocycles. The summed E-state index contributed by atoms with van der Waals surface area (Å²) in [5.74, 6) is -5.68. The summed E-state index contributed by atoms with van der Waals surface area (Å²) in [6.07, 6.45) is -0.264. The van der Waals surface area contributed by atoms with E-state index in [1.165, 1.54) is 35.6 Å². The van der Waals surface area contributed by atoms with Crippen LogP contribution in [0.1, 0.15) is 35.8 Å². The number of carbonyl (C=O) groups excluding carboxylic acids is 4. The normalized spacial score (nSPS) is 13.1. The SMILES string of the molecule is CC(F)(F)c1ccc(C[C@H](NC(=O)[C@@H](Cc2cc3ccccc3s2)NC(=O)CCC(N)=O)C(N)=O)cc1. The van der Waals surface area contributed by atoms with Gasteiger partial charge < -0.3 is 22.1 Å². The van der Waals surface area contributed by atoms with E-state index in [0.29, 0.717) is 5.56 Å². The molecule has 3 rings (SSSR count). The van der Waals surface area contributed by atoms with Gasteiger partial charge in [-0.15, -0.1) is 11.3 Å². The Kier molecular flexibility index (Phi) is 8.93. The first-order valence-corrected chi connectivity index (χ1v) is 12.4. The Morgan fingerprint density at radius 1 is 0.919 bits per heavy atom. The fourth-order valence-electron chi connectivity index (χ4n) is 3.72. The Balaban J connectivity index is 1.76. The minimum absolute atomic E-state index is 0.0259. The third-order valence-electron chi connectivity index (χ3n) is 5.69. The smallest absolute Gasteiger partial charge is 0.270 e. The number of primary amides is 2. The van der Waals surface area contributed by atoms with Crippen LogP contribution in [0.4, 0.5) is 8.78 Å². The summed E-state index contributed by atoms with van der Waals surface area (Å²) < 4.78 is 28.0. The molecule has 0 aliphatic heterocycles. The van der Waals surface area contributed by atoms with Crippen molar-refractivity contribution in [2.75, 3.05) is 0 Å². The summed E-state index contributed by atoms with van der Waals surface area (Å²) in [5, 5.41) is 6.16. The van der Waals surface area contributed by atoms with Gasteiger partial charge in [0.2, 0.25) is 23.6 Å². The number of carbonyl (C=O) groups is 4. The first kappa shape index (κ1) is 27.7. The summed E-state index contributed by atoms with van der Waals surface area (Å²) in [6.45, 7) is 0.781. The van der Waals surface area contributed by atoms with Crippen LogP contribution in [0.2, 0.25) is 0 Å². The van der Waals surface area contributed by atoms with Crippen molar-refractivity contribution in [2.24, 2.45) is 11.5 Å². The molecule has 196 valence electrons. The van der Waals surface area contributed by atoms with E-state index >= 15 is 0 Å². The van der Waals surface area contributed by atoms with Gasteiger partial charge >= 0.3 is 0 Å². The lowest BCUT2D eigenvalue weighted by Crippen LogP contribution is -2.54. The van der Waals surface area contributed by atoms with Crippen molar-refractivity contribution < 1.29 is 28.0 Å². The van der Waals surface area contributed by atoms with Gasteiger partial charge in [0.05, 0.1) is 0 Å². The number of amides is 4. The first-order chi connectivity index (χ1) is 17.4. The summed E-state index contributed by atoms with van der Waals surface area (Å²) in [4.78, 5) is 49.6. The molecule has 3 aromatic rings. The van der Waals surface area contributed by atoms with Gasteiger partial charge in [0.15, 0.2) is 0 Å². The highest BCUT2D eigenvalue weighted by atomic mass is 32.1. The van der Waals surface area contributed by atoms with Crippen molar-refractivity contribution in [3.8, 4) is 0 Å². The van der Waals surface area contributed by atoms with Crippen molar-refractivity contribution in [3.63, 3.8) is 0 Å². The molecule has 0 bridgehead atoms. The Hall–Kier alpha value is -3.86. The maximum atomic E-state index is 13.5. The van der Waals surface area contributed by atoms with E-state index in [2.05, 4.69) is 10.6 Å². The fraction of sp³-hybridized carbons (Fsp3) is 0.308. The van der Waals surface area contributed by atoms with Crippen LogP contribution in [0.5, 0.6) is 0 Å². The van der Waals surface area contributed by atoms with Gasteiger partial charge in [-0.3, -0.25) is 19.2 Å². The highest BCUT2D eigenvalue weighted by molar-refractivity contribution is 7.19. The number of nitrogens with one attached hydrogen (secondary N) is 2. The highest BCUT2D eigenvalue weighted by Crippen LogP contribution is 2.27. The molecular formula is C26H28F2N4O4S. The van der Waals surface area contributed by atoms with E-state index in [0.717, 1.165) is 21.9 Å². The predicted molar refractivity (Wildman–Crippen MR) is 137 cm³/mol. The molecular weight excluding hydrogens is 502 g/mol. The van der Waals surface area contributed by atoms with Crippen molar-refractivity contribution in [3.05, 3.63) is 70.6 Å². The molecule has 4 amide bonds. The largest absolute Gasteiger partial charge is 0.370 e. The monoisotopic (exact) mass is 530 g/mol. The van der Waals surface area contributed by atoms with Crippen LogP contribution in [0.25, 0.3) is 10.1 Å². The lowest BCUT2D eigenvalue weighted by Gasteiger charge is -2.22. The molecule has 0 fully saturated rings. The number of benzene rings is 2. The van der Waals surface area contributed by atoms with Crippen molar-refractivity contribution in [1.82, 2.24) is 10.6 Å². The molecule has 2 atom stereocenters. The summed E-state index contributed by atoms with van der Waals surface area (Å²) in [7, 11) is 0. The molecule has 11 heteroatoms. The van der Waals surface area contributed by atoms with Crippen LogP contribution >= 0.6 is 11.3 Å². The average molecular weight is 531 g/mol. The zero-order chi connectivity index (χ0) is 27.2. The van der Waals surface area contributed by atoms with E-state index < -0.39 is 41.6 Å². The highest BCUT2D eigenvalue weighted by Gasteiger charge is 2.28. The van der Waals surface area contributed by atoms with Gasteiger partial charge in [0.1, 0.15) is 12.1 Å². The van der Waals surface area contributed by atoms with Crippen LogP contribution < -0.4 is 22.1 Å². The number of thiophene rings is 1. The molecule has 37 heavy (non-hydrogen) atoms. The average Bonchev–Trinajstić information content (AvgIpc) is 3.24. The van der Waals surface area contributed by atoms with Gasteiger partial charge in [0.25, 0.3) is 5.92 Å². The van der Waals surface area contributed by atoms with Crippen molar-refractivity contribution >= 4 is 45.1 Å². The minimum Gasteiger partial charge on any atom is -0.370 e. The Morgan fingerprint density at radius 2 is 1.59 bits per heavy atom. The zero-order valence-electron chi connectivity index (χ0n) is 20.1. The Morgan fingerprint density at radius 3 is 2.19 bits per heavy atom. The molecule has 1 heterocycles. The molecule has 8 nitrogen and oxygen atoms in total. The molecule has 6 N–H and O–H groups in total. The van der Waals surface area contributed by atoms with Gasteiger partial charge in [-0.1, -0.05) is 42.5 Å². The molecule has 0 unspecified atom stereocenters. The van der Waals surface area contributed by atoms with E-state index in [4.69, 9.17) is 11.5 Å². The van der Waals surface area contributed by atoms with E-state index in [1.54, 1.807) is 0 Å². The maximum absolute atomic E-state index is 13.5. The molecule has 2 aromatic carbocycles. The summed E-state index contributed by atoms with van der Waals surface area (Å²) in [6, 6.07) is 12.7. The quantitative estimate of drug-likeness (QED) is 0.285. The van der Waals surface area contributed by atoms with E-state index in [1.807, 2.05) is 30.3 Å². The Bertz CT molecular complexity index is 1250. The van der Waals surface area contributed by atoms with Gasteiger partial charge in [0, 0.05) is 47.7 Å². The molecule has 0 aliphatic rings. The van der Waals surface area contributed by atoms with Crippen LogP contribution in [-0.4, -0.2) is 35.7 Å². The standard InChI is InChI=1S/C26H28F2N4O4S/c1-26(27,28)17-8-6-15(7-9-17)12-19(24(30)35)32-25(36)20(31-23(34)11-10-22(29)33)14-18-13-16-4-2-3-5-21(16)37-18/h2-9,13,19-20H,10-12,14H2,1H3,(H2,29,33)(H2,30,35)(H,31,34)(H,32,36)/t19-,20+/m0/s1. The molecule has 0 aliphatic carbocycles.